The van der Waals surface area contributed by atoms with Crippen molar-refractivity contribution in [2.45, 2.75) is 46.1 Å². The molecule has 1 atom stereocenters. The molecule has 1 rings (SSSR count). The van der Waals surface area contributed by atoms with Gasteiger partial charge in [-0.15, -0.1) is 0 Å². The lowest BCUT2D eigenvalue weighted by atomic mass is 10.1. The van der Waals surface area contributed by atoms with E-state index in [2.05, 4.69) is 15.9 Å². The van der Waals surface area contributed by atoms with Crippen LogP contribution < -0.4 is 0 Å². The van der Waals surface area contributed by atoms with Crippen LogP contribution in [0.1, 0.15) is 40.0 Å². The Morgan fingerprint density at radius 3 is 2.50 bits per heavy atom. The van der Waals surface area contributed by atoms with Crippen LogP contribution >= 0.6 is 15.9 Å². The van der Waals surface area contributed by atoms with E-state index < -0.39 is 18.0 Å². The van der Waals surface area contributed by atoms with Gasteiger partial charge in [0.1, 0.15) is 24.1 Å². The normalized spacial score (nSPS) is 18.2. The van der Waals surface area contributed by atoms with E-state index in [0.717, 1.165) is 6.42 Å². The Balaban J connectivity index is 2.88. The van der Waals surface area contributed by atoms with Gasteiger partial charge < -0.3 is 9.47 Å². The Morgan fingerprint density at radius 2 is 2.05 bits per heavy atom. The maximum Gasteiger partial charge on any atom is 0.343 e. The number of ketones is 1. The van der Waals surface area contributed by atoms with Gasteiger partial charge in [-0.25, -0.2) is 4.79 Å². The molecule has 5 nitrogen and oxygen atoms in total. The minimum absolute atomic E-state index is 0.273. The van der Waals surface area contributed by atoms with E-state index in [0.29, 0.717) is 22.2 Å². The molecular formula is C14H17BrO5. The molecule has 1 aliphatic heterocycles. The fourth-order valence-electron chi connectivity index (χ4n) is 1.73. The van der Waals surface area contributed by atoms with Crippen LogP contribution in [0.2, 0.25) is 0 Å². The van der Waals surface area contributed by atoms with Crippen LogP contribution in [0, 0.1) is 0 Å². The molecule has 0 aromatic rings. The highest BCUT2D eigenvalue weighted by Crippen LogP contribution is 2.28. The summed E-state index contributed by atoms with van der Waals surface area (Å²) in [7, 11) is 0. The van der Waals surface area contributed by atoms with Crippen LogP contribution in [0.4, 0.5) is 0 Å². The predicted molar refractivity (Wildman–Crippen MR) is 75.9 cm³/mol. The molecule has 0 saturated carbocycles. The van der Waals surface area contributed by atoms with Crippen molar-refractivity contribution in [1.82, 2.24) is 0 Å². The molecule has 110 valence electrons. The van der Waals surface area contributed by atoms with Crippen LogP contribution in [0.5, 0.6) is 0 Å². The number of carbonyl (C=O) groups excluding carboxylic acids is 3. The summed E-state index contributed by atoms with van der Waals surface area (Å²) in [5.74, 6) is -1.01. The first-order chi connectivity index (χ1) is 9.35. The highest BCUT2D eigenvalue weighted by Gasteiger charge is 2.31. The van der Waals surface area contributed by atoms with Gasteiger partial charge in [0.25, 0.3) is 0 Å². The van der Waals surface area contributed by atoms with Crippen LogP contribution in [0.25, 0.3) is 0 Å². The first-order valence-electron chi connectivity index (χ1n) is 6.34. The molecule has 6 heteroatoms. The molecule has 0 radical (unpaired) electrons. The van der Waals surface area contributed by atoms with Gasteiger partial charge >= 0.3 is 11.9 Å². The maximum atomic E-state index is 11.8. The third-order valence-electron chi connectivity index (χ3n) is 2.63. The van der Waals surface area contributed by atoms with E-state index in [1.807, 2.05) is 6.92 Å². The first kappa shape index (κ1) is 16.6. The number of esters is 2. The summed E-state index contributed by atoms with van der Waals surface area (Å²) in [5.41, 5.74) is 0.303. The molecule has 0 aromatic heterocycles. The Bertz CT molecular complexity index is 486. The van der Waals surface area contributed by atoms with Gasteiger partial charge in [-0.05, 0) is 26.3 Å². The minimum atomic E-state index is -0.677. The van der Waals surface area contributed by atoms with Crippen molar-refractivity contribution in [2.75, 3.05) is 0 Å². The number of hydrogen-bond donors (Lipinski definition) is 0. The Hall–Kier alpha value is -1.43. The zero-order valence-electron chi connectivity index (χ0n) is 11.7. The SMILES string of the molecule is CCCC(OC(=O)CC(C)=O)C1=C/C(=C(\C)Br)OC1=O. The highest BCUT2D eigenvalue weighted by molar-refractivity contribution is 9.11. The minimum Gasteiger partial charge on any atom is -0.457 e. The fraction of sp³-hybridized carbons (Fsp3) is 0.500. The number of allylic oxidation sites excluding steroid dienone is 2. The van der Waals surface area contributed by atoms with Crippen molar-refractivity contribution in [3.8, 4) is 0 Å². The topological polar surface area (TPSA) is 69.7 Å². The largest absolute Gasteiger partial charge is 0.457 e. The monoisotopic (exact) mass is 344 g/mol. The molecule has 0 saturated heterocycles. The molecule has 1 aliphatic rings. The van der Waals surface area contributed by atoms with Gasteiger partial charge in [0.15, 0.2) is 0 Å². The molecular weight excluding hydrogens is 328 g/mol. The average Bonchev–Trinajstić information content (AvgIpc) is 2.70. The van der Waals surface area contributed by atoms with Crippen LogP contribution in [0.3, 0.4) is 0 Å². The summed E-state index contributed by atoms with van der Waals surface area (Å²) in [6.07, 6.45) is 1.83. The Morgan fingerprint density at radius 1 is 1.40 bits per heavy atom. The smallest absolute Gasteiger partial charge is 0.343 e. The van der Waals surface area contributed by atoms with Crippen molar-refractivity contribution >= 4 is 33.7 Å². The lowest BCUT2D eigenvalue weighted by Gasteiger charge is -2.16. The molecule has 0 fully saturated rings. The van der Waals surface area contributed by atoms with Crippen LogP contribution in [-0.2, 0) is 23.9 Å². The second kappa shape index (κ2) is 7.38. The van der Waals surface area contributed by atoms with E-state index in [9.17, 15) is 14.4 Å². The highest BCUT2D eigenvalue weighted by atomic mass is 79.9. The molecule has 1 unspecified atom stereocenters. The van der Waals surface area contributed by atoms with E-state index in [4.69, 9.17) is 9.47 Å². The second-order valence-electron chi connectivity index (χ2n) is 4.53. The molecule has 0 aliphatic carbocycles. The van der Waals surface area contributed by atoms with Crippen molar-refractivity contribution < 1.29 is 23.9 Å². The first-order valence-corrected chi connectivity index (χ1v) is 7.13. The fourth-order valence-corrected chi connectivity index (χ4v) is 1.92. The van der Waals surface area contributed by atoms with E-state index in [1.54, 1.807) is 13.0 Å². The number of carbonyl (C=O) groups is 3. The summed E-state index contributed by atoms with van der Waals surface area (Å²) in [6, 6.07) is 0. The van der Waals surface area contributed by atoms with Gasteiger partial charge in [-0.3, -0.25) is 9.59 Å². The summed E-state index contributed by atoms with van der Waals surface area (Å²) in [6.45, 7) is 4.98. The third kappa shape index (κ3) is 4.59. The molecule has 0 bridgehead atoms. The van der Waals surface area contributed by atoms with Crippen molar-refractivity contribution in [3.63, 3.8) is 0 Å². The molecule has 0 amide bonds. The maximum absolute atomic E-state index is 11.8. The lowest BCUT2D eigenvalue weighted by Crippen LogP contribution is -2.24. The number of Topliss-reactive ketones (excluding diaryl/α,β-unsaturated/α-hetero) is 1. The number of halogens is 1. The second-order valence-corrected chi connectivity index (χ2v) is 5.72. The van der Waals surface area contributed by atoms with Crippen molar-refractivity contribution in [1.29, 1.82) is 0 Å². The average molecular weight is 345 g/mol. The Kier molecular flexibility index (Phi) is 6.13. The zero-order chi connectivity index (χ0) is 15.3. The summed E-state index contributed by atoms with van der Waals surface area (Å²) < 4.78 is 11.0. The van der Waals surface area contributed by atoms with Gasteiger partial charge in [-0.1, -0.05) is 29.3 Å². The zero-order valence-corrected chi connectivity index (χ0v) is 13.3. The number of ether oxygens (including phenoxy) is 2. The molecule has 1 heterocycles. The van der Waals surface area contributed by atoms with Gasteiger partial charge in [0.05, 0.1) is 5.57 Å². The van der Waals surface area contributed by atoms with Crippen molar-refractivity contribution in [3.05, 3.63) is 21.9 Å². The van der Waals surface area contributed by atoms with Gasteiger partial charge in [0, 0.05) is 4.48 Å². The summed E-state index contributed by atoms with van der Waals surface area (Å²) in [5, 5.41) is 0. The van der Waals surface area contributed by atoms with E-state index in [1.165, 1.54) is 6.92 Å². The molecule has 20 heavy (non-hydrogen) atoms. The lowest BCUT2D eigenvalue weighted by molar-refractivity contribution is -0.150. The van der Waals surface area contributed by atoms with E-state index >= 15 is 0 Å². The van der Waals surface area contributed by atoms with Crippen LogP contribution in [-0.4, -0.2) is 23.8 Å². The van der Waals surface area contributed by atoms with E-state index in [-0.39, 0.29) is 12.2 Å². The van der Waals surface area contributed by atoms with Gasteiger partial charge in [-0.2, -0.15) is 0 Å². The number of cyclic esters (lactones) is 1. The van der Waals surface area contributed by atoms with Gasteiger partial charge in [0.2, 0.25) is 0 Å². The Labute approximate surface area is 126 Å². The van der Waals surface area contributed by atoms with Crippen LogP contribution in [0.15, 0.2) is 21.9 Å². The quantitative estimate of drug-likeness (QED) is 0.547. The number of hydrogen-bond acceptors (Lipinski definition) is 5. The third-order valence-corrected chi connectivity index (χ3v) is 3.02. The molecule has 0 spiro atoms. The van der Waals surface area contributed by atoms with Crippen molar-refractivity contribution in [2.24, 2.45) is 0 Å². The standard InChI is InChI=1S/C14H17BrO5/c1-4-5-11(19-13(17)6-8(2)16)10-7-12(9(3)15)20-14(10)18/h7,11H,4-6H2,1-3H3/b12-9-. The molecule has 0 aromatic carbocycles. The summed E-state index contributed by atoms with van der Waals surface area (Å²) >= 11 is 3.23. The summed E-state index contributed by atoms with van der Waals surface area (Å²) in [4.78, 5) is 34.3. The predicted octanol–water partition coefficient (Wildman–Crippen LogP) is 2.79. The number of rotatable bonds is 6. The molecule has 0 N–H and O–H groups in total.